The smallest absolute Gasteiger partial charge is 0.159 e. The number of nitriles is 1. The molecule has 10 heteroatoms. The summed E-state index contributed by atoms with van der Waals surface area (Å²) in [5.74, 6) is -0.204. The van der Waals surface area contributed by atoms with Crippen LogP contribution in [0.2, 0.25) is 0 Å². The highest BCUT2D eigenvalue weighted by Crippen LogP contribution is 2.41. The minimum atomic E-state index is -0.595. The average molecular weight is 537 g/mol. The first-order chi connectivity index (χ1) is 18.3. The van der Waals surface area contributed by atoms with E-state index in [9.17, 15) is 9.65 Å². The van der Waals surface area contributed by atoms with Crippen molar-refractivity contribution in [2.45, 2.75) is 52.9 Å². The van der Waals surface area contributed by atoms with Gasteiger partial charge in [-0.1, -0.05) is 5.57 Å². The molecule has 0 atom stereocenters. The van der Waals surface area contributed by atoms with E-state index in [0.29, 0.717) is 22.0 Å². The molecule has 0 unspecified atom stereocenters. The molecule has 2 aromatic heterocycles. The summed E-state index contributed by atoms with van der Waals surface area (Å²) in [4.78, 5) is 11.3. The third-order valence-electron chi connectivity index (χ3n) is 7.48. The summed E-state index contributed by atoms with van der Waals surface area (Å²) in [7, 11) is 1.99. The highest BCUT2D eigenvalue weighted by molar-refractivity contribution is 7.23. The second-order valence-electron chi connectivity index (χ2n) is 9.89. The first kappa shape index (κ1) is 26.2. The fourth-order valence-electron chi connectivity index (χ4n) is 5.42. The van der Waals surface area contributed by atoms with E-state index in [-0.39, 0.29) is 45.1 Å². The molecule has 1 saturated heterocycles. The number of anilines is 1. The number of halogens is 2. The summed E-state index contributed by atoms with van der Waals surface area (Å²) in [6, 6.07) is 2.56. The van der Waals surface area contributed by atoms with Crippen molar-refractivity contribution >= 4 is 44.0 Å². The standard InChI is InChI=1S/C28H30F2N6OS/c1-14(2)22-18(10-34-15(3)36-7-5-16(33-4)6-8-36)19-12-37-13-20(19)23(25(22)30)26-24-17(9-31)28(32)38-27(24)21(29)11-35-26/h10-11,16,33H,5-8,12-13,32H2,1-4H3/b18-10-,34-15?. The van der Waals surface area contributed by atoms with Crippen LogP contribution in [-0.2, 0) is 18.0 Å². The molecule has 3 aromatic rings. The number of nitrogen functional groups attached to an aromatic ring is 1. The van der Waals surface area contributed by atoms with Crippen LogP contribution in [0.15, 0.2) is 11.2 Å². The maximum absolute atomic E-state index is 16.6. The van der Waals surface area contributed by atoms with E-state index in [4.69, 9.17) is 15.5 Å². The van der Waals surface area contributed by atoms with Gasteiger partial charge in [-0.05, 0) is 51.8 Å². The molecule has 2 aliphatic heterocycles. The Bertz CT molecular complexity index is 1630. The van der Waals surface area contributed by atoms with Crippen LogP contribution in [-0.4, -0.2) is 41.9 Å². The monoisotopic (exact) mass is 536 g/mol. The van der Waals surface area contributed by atoms with Crippen molar-refractivity contribution < 1.29 is 13.5 Å². The number of thiophene rings is 1. The zero-order chi connectivity index (χ0) is 27.1. The molecule has 0 radical (unpaired) electrons. The molecule has 4 heterocycles. The number of ether oxygens (including phenoxy) is 1. The number of rotatable bonds is 3. The van der Waals surface area contributed by atoms with Crippen LogP contribution in [0.5, 0.6) is 0 Å². The predicted molar refractivity (Wildman–Crippen MR) is 148 cm³/mol. The number of nitrogens with one attached hydrogen (secondary N) is 1. The van der Waals surface area contributed by atoms with Crippen molar-refractivity contribution in [3.8, 4) is 17.3 Å². The third kappa shape index (κ3) is 4.34. The Kier molecular flexibility index (Phi) is 7.18. The Balaban J connectivity index is 1.74. The zero-order valence-corrected chi connectivity index (χ0v) is 22.7. The number of fused-ring (bicyclic) bond motifs is 2. The van der Waals surface area contributed by atoms with Crippen molar-refractivity contribution in [1.82, 2.24) is 15.2 Å². The van der Waals surface area contributed by atoms with Gasteiger partial charge in [-0.3, -0.25) is 4.98 Å². The van der Waals surface area contributed by atoms with Crippen molar-refractivity contribution in [3.63, 3.8) is 0 Å². The van der Waals surface area contributed by atoms with Crippen molar-refractivity contribution in [3.05, 3.63) is 45.0 Å². The molecule has 1 fully saturated rings. The number of aliphatic imine (C=N–C) groups is 1. The molecular weight excluding hydrogens is 506 g/mol. The Hall–Kier alpha value is -3.39. The fourth-order valence-corrected chi connectivity index (χ4v) is 6.34. The van der Waals surface area contributed by atoms with Gasteiger partial charge in [-0.25, -0.2) is 13.8 Å². The van der Waals surface area contributed by atoms with E-state index in [1.54, 1.807) is 6.20 Å². The fraction of sp³-hybridized carbons (Fsp3) is 0.393. The van der Waals surface area contributed by atoms with E-state index >= 15 is 4.39 Å². The highest BCUT2D eigenvalue weighted by Gasteiger charge is 2.28. The lowest BCUT2D eigenvalue weighted by molar-refractivity contribution is 0.134. The summed E-state index contributed by atoms with van der Waals surface area (Å²) < 4.78 is 37.2. The summed E-state index contributed by atoms with van der Waals surface area (Å²) in [6.07, 6.45) is 4.88. The number of amidine groups is 1. The summed E-state index contributed by atoms with van der Waals surface area (Å²) in [5.41, 5.74) is 8.78. The van der Waals surface area contributed by atoms with Gasteiger partial charge in [0.1, 0.15) is 22.7 Å². The first-order valence-electron chi connectivity index (χ1n) is 12.6. The molecule has 0 bridgehead atoms. The number of likely N-dealkylation sites (tertiary alicyclic amines) is 1. The minimum Gasteiger partial charge on any atom is -0.389 e. The van der Waals surface area contributed by atoms with E-state index in [1.807, 2.05) is 33.9 Å². The van der Waals surface area contributed by atoms with Crippen molar-refractivity contribution in [2.24, 2.45) is 4.99 Å². The lowest BCUT2D eigenvalue weighted by Gasteiger charge is -2.32. The van der Waals surface area contributed by atoms with Gasteiger partial charge in [0.05, 0.1) is 35.4 Å². The maximum Gasteiger partial charge on any atom is 0.159 e. The number of pyridine rings is 1. The number of piperidine rings is 1. The Morgan fingerprint density at radius 1 is 1.26 bits per heavy atom. The van der Waals surface area contributed by atoms with Gasteiger partial charge < -0.3 is 20.7 Å². The zero-order valence-electron chi connectivity index (χ0n) is 21.9. The van der Waals surface area contributed by atoms with Gasteiger partial charge in [-0.15, -0.1) is 11.3 Å². The van der Waals surface area contributed by atoms with Crippen molar-refractivity contribution in [2.75, 3.05) is 25.9 Å². The second-order valence-corrected chi connectivity index (χ2v) is 10.9. The molecule has 3 N–H and O–H groups in total. The van der Waals surface area contributed by atoms with Gasteiger partial charge in [0, 0.05) is 46.7 Å². The minimum absolute atomic E-state index is 0.107. The predicted octanol–water partition coefficient (Wildman–Crippen LogP) is 3.76. The molecule has 198 valence electrons. The number of hydrogen-bond donors (Lipinski definition) is 2. The van der Waals surface area contributed by atoms with E-state index < -0.39 is 11.6 Å². The molecule has 0 spiro atoms. The Morgan fingerprint density at radius 3 is 2.63 bits per heavy atom. The molecule has 0 saturated carbocycles. The topological polar surface area (TPSA) is 99.6 Å². The van der Waals surface area contributed by atoms with E-state index in [0.717, 1.165) is 60.4 Å². The lowest BCUT2D eigenvalue weighted by Crippen LogP contribution is -2.43. The molecule has 1 aromatic carbocycles. The van der Waals surface area contributed by atoms with Gasteiger partial charge in [0.25, 0.3) is 0 Å². The van der Waals surface area contributed by atoms with E-state index in [2.05, 4.69) is 15.2 Å². The normalized spacial score (nSPS) is 16.8. The number of benzene rings is 1. The Labute approximate surface area is 223 Å². The van der Waals surface area contributed by atoms with Gasteiger partial charge in [-0.2, -0.15) is 5.26 Å². The first-order valence-corrected chi connectivity index (χ1v) is 13.4. The number of hydrogen-bond acceptors (Lipinski definition) is 7. The summed E-state index contributed by atoms with van der Waals surface area (Å²) in [5, 5.41) is 14.6. The average Bonchev–Trinajstić information content (AvgIpc) is 3.52. The Morgan fingerprint density at radius 2 is 1.97 bits per heavy atom. The van der Waals surface area contributed by atoms with Crippen LogP contribution < -0.4 is 21.5 Å². The van der Waals surface area contributed by atoms with Crippen LogP contribution in [0.4, 0.5) is 13.8 Å². The van der Waals surface area contributed by atoms with Gasteiger partial charge >= 0.3 is 0 Å². The quantitative estimate of drug-likeness (QED) is 0.391. The molecule has 7 nitrogen and oxygen atoms in total. The molecule has 2 aliphatic rings. The number of aromatic nitrogens is 1. The van der Waals surface area contributed by atoms with Crippen LogP contribution in [0.1, 0.15) is 50.3 Å². The van der Waals surface area contributed by atoms with Crippen molar-refractivity contribution in [1.29, 1.82) is 5.26 Å². The second kappa shape index (κ2) is 10.4. The van der Waals surface area contributed by atoms with Gasteiger partial charge in [0.15, 0.2) is 5.82 Å². The third-order valence-corrected chi connectivity index (χ3v) is 8.51. The molecular formula is C28H30F2N6OS. The molecule has 38 heavy (non-hydrogen) atoms. The number of nitrogens with two attached hydrogens (primary N) is 1. The SMILES string of the molecule is CNC1CCN(C(C)=N/C=c2/c3c(c(-c4ncc(F)c5sc(N)c(C#N)c45)c(F)c2=C(C)C)COC3)CC1. The van der Waals surface area contributed by atoms with Crippen LogP contribution in [0, 0.1) is 23.0 Å². The molecule has 5 rings (SSSR count). The van der Waals surface area contributed by atoms with E-state index in [1.165, 1.54) is 0 Å². The molecule has 0 aliphatic carbocycles. The maximum atomic E-state index is 16.6. The van der Waals surface area contributed by atoms with Crippen LogP contribution in [0.25, 0.3) is 33.1 Å². The van der Waals surface area contributed by atoms with Crippen LogP contribution in [0.3, 0.4) is 0 Å². The molecule has 0 amide bonds. The number of nitrogens with zero attached hydrogens (tertiary/aromatic N) is 4. The summed E-state index contributed by atoms with van der Waals surface area (Å²) >= 11 is 0.967. The lowest BCUT2D eigenvalue weighted by atomic mass is 9.93. The van der Waals surface area contributed by atoms with Gasteiger partial charge in [0.2, 0.25) is 0 Å². The highest BCUT2D eigenvalue weighted by atomic mass is 32.1. The van der Waals surface area contributed by atoms with Crippen LogP contribution >= 0.6 is 11.3 Å². The summed E-state index contributed by atoms with van der Waals surface area (Å²) in [6.45, 7) is 7.95. The largest absolute Gasteiger partial charge is 0.389 e.